The summed E-state index contributed by atoms with van der Waals surface area (Å²) >= 11 is 0. The average molecular weight is 249 g/mol. The Morgan fingerprint density at radius 3 is 2.61 bits per heavy atom. The van der Waals surface area contributed by atoms with Gasteiger partial charge in [0.2, 0.25) is 0 Å². The van der Waals surface area contributed by atoms with Gasteiger partial charge in [-0.1, -0.05) is 36.8 Å². The van der Waals surface area contributed by atoms with Gasteiger partial charge >= 0.3 is 5.97 Å². The standard InChI is InChI=1S/C14H19NO3/c16-13(17)10-14(18,11-6-2-1-3-7-11)12-8-4-5-9-15-12/h1-3,6-7,12,15,18H,4-5,8-10H2,(H,16,17). The maximum absolute atomic E-state index is 11.0. The Labute approximate surface area is 107 Å². The van der Waals surface area contributed by atoms with E-state index in [2.05, 4.69) is 5.32 Å². The Morgan fingerprint density at radius 2 is 2.06 bits per heavy atom. The first kappa shape index (κ1) is 13.1. The summed E-state index contributed by atoms with van der Waals surface area (Å²) < 4.78 is 0. The van der Waals surface area contributed by atoms with Crippen LogP contribution in [0.5, 0.6) is 0 Å². The molecule has 1 heterocycles. The molecule has 3 N–H and O–H groups in total. The minimum Gasteiger partial charge on any atom is -0.481 e. The van der Waals surface area contributed by atoms with Crippen LogP contribution < -0.4 is 5.32 Å². The Morgan fingerprint density at radius 1 is 1.33 bits per heavy atom. The van der Waals surface area contributed by atoms with Crippen molar-refractivity contribution in [1.29, 1.82) is 0 Å². The van der Waals surface area contributed by atoms with Gasteiger partial charge in [-0.25, -0.2) is 0 Å². The zero-order valence-corrected chi connectivity index (χ0v) is 10.3. The molecule has 1 saturated heterocycles. The van der Waals surface area contributed by atoms with Gasteiger partial charge in [0, 0.05) is 6.04 Å². The van der Waals surface area contributed by atoms with E-state index >= 15 is 0 Å². The van der Waals surface area contributed by atoms with Crippen LogP contribution in [0.2, 0.25) is 0 Å². The monoisotopic (exact) mass is 249 g/mol. The van der Waals surface area contributed by atoms with E-state index in [-0.39, 0.29) is 12.5 Å². The zero-order chi connectivity index (χ0) is 13.0. The van der Waals surface area contributed by atoms with E-state index in [1.54, 1.807) is 12.1 Å². The SMILES string of the molecule is O=C(O)CC(O)(c1ccccc1)C1CCCCN1. The van der Waals surface area contributed by atoms with Crippen molar-refractivity contribution in [2.24, 2.45) is 0 Å². The highest BCUT2D eigenvalue weighted by atomic mass is 16.4. The first-order valence-electron chi connectivity index (χ1n) is 6.36. The molecule has 0 bridgehead atoms. The van der Waals surface area contributed by atoms with Crippen LogP contribution >= 0.6 is 0 Å². The highest BCUT2D eigenvalue weighted by molar-refractivity contribution is 5.68. The molecule has 0 aromatic heterocycles. The molecule has 1 aliphatic heterocycles. The summed E-state index contributed by atoms with van der Waals surface area (Å²) in [7, 11) is 0. The lowest BCUT2D eigenvalue weighted by molar-refractivity contribution is -0.145. The second-order valence-electron chi connectivity index (χ2n) is 4.86. The minimum atomic E-state index is -1.33. The number of carboxylic acid groups (broad SMARTS) is 1. The number of nitrogens with one attached hydrogen (secondary N) is 1. The van der Waals surface area contributed by atoms with Crippen molar-refractivity contribution >= 4 is 5.97 Å². The first-order chi connectivity index (χ1) is 8.63. The topological polar surface area (TPSA) is 69.6 Å². The molecule has 0 radical (unpaired) electrons. The van der Waals surface area contributed by atoms with Crippen LogP contribution in [-0.4, -0.2) is 28.8 Å². The molecule has 4 heteroatoms. The minimum absolute atomic E-state index is 0.190. The van der Waals surface area contributed by atoms with Crippen molar-refractivity contribution in [3.05, 3.63) is 35.9 Å². The van der Waals surface area contributed by atoms with Crippen molar-refractivity contribution in [3.8, 4) is 0 Å². The number of aliphatic hydroxyl groups is 1. The third-order valence-electron chi connectivity index (χ3n) is 3.58. The molecule has 1 aromatic rings. The van der Waals surface area contributed by atoms with Crippen molar-refractivity contribution in [3.63, 3.8) is 0 Å². The molecule has 1 aliphatic rings. The molecule has 18 heavy (non-hydrogen) atoms. The number of rotatable bonds is 4. The van der Waals surface area contributed by atoms with Crippen LogP contribution in [0, 0.1) is 0 Å². The Kier molecular flexibility index (Phi) is 3.99. The zero-order valence-electron chi connectivity index (χ0n) is 10.3. The lowest BCUT2D eigenvalue weighted by Crippen LogP contribution is -2.51. The number of piperidine rings is 1. The maximum atomic E-state index is 11.0. The van der Waals surface area contributed by atoms with Gasteiger partial charge < -0.3 is 15.5 Å². The molecule has 0 saturated carbocycles. The number of carbonyl (C=O) groups is 1. The smallest absolute Gasteiger partial charge is 0.306 e. The van der Waals surface area contributed by atoms with Crippen LogP contribution in [0.4, 0.5) is 0 Å². The van der Waals surface area contributed by atoms with Crippen molar-refractivity contribution in [2.45, 2.75) is 37.3 Å². The van der Waals surface area contributed by atoms with Gasteiger partial charge in [0.1, 0.15) is 5.60 Å². The fourth-order valence-corrected chi connectivity index (χ4v) is 2.64. The molecule has 0 spiro atoms. The van der Waals surface area contributed by atoms with Crippen LogP contribution in [0.1, 0.15) is 31.2 Å². The van der Waals surface area contributed by atoms with E-state index in [0.717, 1.165) is 25.8 Å². The molecular formula is C14H19NO3. The Hall–Kier alpha value is -1.39. The molecule has 0 aliphatic carbocycles. The van der Waals surface area contributed by atoms with Gasteiger partial charge in [-0.15, -0.1) is 0 Å². The Balaban J connectivity index is 2.30. The molecule has 2 atom stereocenters. The van der Waals surface area contributed by atoms with E-state index in [1.165, 1.54) is 0 Å². The number of hydrogen-bond donors (Lipinski definition) is 3. The normalized spacial score (nSPS) is 23.3. The van der Waals surface area contributed by atoms with Crippen LogP contribution in [0.15, 0.2) is 30.3 Å². The van der Waals surface area contributed by atoms with Gasteiger partial charge in [-0.3, -0.25) is 4.79 Å². The van der Waals surface area contributed by atoms with Crippen molar-refractivity contribution < 1.29 is 15.0 Å². The average Bonchev–Trinajstić information content (AvgIpc) is 2.40. The molecular weight excluding hydrogens is 230 g/mol. The van der Waals surface area contributed by atoms with E-state index < -0.39 is 11.6 Å². The second kappa shape index (κ2) is 5.50. The number of carboxylic acids is 1. The predicted molar refractivity (Wildman–Crippen MR) is 68.2 cm³/mol. The molecule has 0 amide bonds. The molecule has 1 aromatic carbocycles. The van der Waals surface area contributed by atoms with Gasteiger partial charge in [0.25, 0.3) is 0 Å². The molecule has 1 fully saturated rings. The molecule has 2 unspecified atom stereocenters. The predicted octanol–water partition coefficient (Wildman–Crippen LogP) is 1.49. The summed E-state index contributed by atoms with van der Waals surface area (Å²) in [4.78, 5) is 11.0. The fourth-order valence-electron chi connectivity index (χ4n) is 2.64. The first-order valence-corrected chi connectivity index (χ1v) is 6.36. The van der Waals surface area contributed by atoms with Gasteiger partial charge in [-0.05, 0) is 24.9 Å². The number of hydrogen-bond acceptors (Lipinski definition) is 3. The summed E-state index contributed by atoms with van der Waals surface area (Å²) in [5.74, 6) is -0.978. The summed E-state index contributed by atoms with van der Waals surface area (Å²) in [5.41, 5.74) is -0.653. The Bertz CT molecular complexity index is 401. The largest absolute Gasteiger partial charge is 0.481 e. The van der Waals surface area contributed by atoms with Gasteiger partial charge in [-0.2, -0.15) is 0 Å². The quantitative estimate of drug-likeness (QED) is 0.756. The molecule has 98 valence electrons. The van der Waals surface area contributed by atoms with Crippen LogP contribution in [0.3, 0.4) is 0 Å². The van der Waals surface area contributed by atoms with Crippen LogP contribution in [-0.2, 0) is 10.4 Å². The van der Waals surface area contributed by atoms with E-state index in [0.29, 0.717) is 5.56 Å². The highest BCUT2D eigenvalue weighted by Crippen LogP contribution is 2.32. The number of benzene rings is 1. The second-order valence-corrected chi connectivity index (χ2v) is 4.86. The van der Waals surface area contributed by atoms with E-state index in [4.69, 9.17) is 5.11 Å². The number of aliphatic carboxylic acids is 1. The summed E-state index contributed by atoms with van der Waals surface area (Å²) in [5, 5.41) is 23.1. The fraction of sp³-hybridized carbons (Fsp3) is 0.500. The third kappa shape index (κ3) is 2.71. The lowest BCUT2D eigenvalue weighted by Gasteiger charge is -2.38. The van der Waals surface area contributed by atoms with Gasteiger partial charge in [0.05, 0.1) is 6.42 Å². The van der Waals surface area contributed by atoms with Gasteiger partial charge in [0.15, 0.2) is 0 Å². The lowest BCUT2D eigenvalue weighted by atomic mass is 9.80. The van der Waals surface area contributed by atoms with E-state index in [9.17, 15) is 9.90 Å². The third-order valence-corrected chi connectivity index (χ3v) is 3.58. The summed E-state index contributed by atoms with van der Waals surface area (Å²) in [6.45, 7) is 0.833. The summed E-state index contributed by atoms with van der Waals surface area (Å²) in [6.07, 6.45) is 2.63. The molecule has 2 rings (SSSR count). The van der Waals surface area contributed by atoms with Crippen molar-refractivity contribution in [1.82, 2.24) is 5.32 Å². The maximum Gasteiger partial charge on any atom is 0.306 e. The summed E-state index contributed by atoms with van der Waals surface area (Å²) in [6, 6.07) is 8.90. The van der Waals surface area contributed by atoms with Crippen molar-refractivity contribution in [2.75, 3.05) is 6.54 Å². The highest BCUT2D eigenvalue weighted by Gasteiger charge is 2.40. The van der Waals surface area contributed by atoms with E-state index in [1.807, 2.05) is 18.2 Å². The van der Waals surface area contributed by atoms with Crippen LogP contribution in [0.25, 0.3) is 0 Å². The molecule has 4 nitrogen and oxygen atoms in total.